The standard InChI is InChI=1S/C30H39N3O4/c1-19-17-23(11-16-27(19)33-30(36)26-5-3-4-6-28(26)37-20(2)34)29(35)32-25-14-9-22(10-15-25)18-21-7-12-24(31)13-8-21/h3-6,11,16-17,21-22,24-25H,7-10,12-15,18,31H2,1-2H3,(H,32,35)(H,33,36). The van der Waals surface area contributed by atoms with Crippen LogP contribution in [-0.4, -0.2) is 29.9 Å². The second-order valence-electron chi connectivity index (χ2n) is 10.8. The van der Waals surface area contributed by atoms with E-state index in [1.54, 1.807) is 42.5 Å². The van der Waals surface area contributed by atoms with E-state index >= 15 is 0 Å². The Morgan fingerprint density at radius 2 is 1.54 bits per heavy atom. The SMILES string of the molecule is CC(=O)Oc1ccccc1C(=O)Nc1ccc(C(=O)NC2CCC(CC3CCC(N)CC3)CC2)cc1C. The summed E-state index contributed by atoms with van der Waals surface area (Å²) in [5, 5.41) is 6.07. The van der Waals surface area contributed by atoms with Crippen molar-refractivity contribution in [1.29, 1.82) is 0 Å². The molecule has 0 atom stereocenters. The van der Waals surface area contributed by atoms with E-state index in [9.17, 15) is 14.4 Å². The summed E-state index contributed by atoms with van der Waals surface area (Å²) < 4.78 is 5.15. The van der Waals surface area contributed by atoms with E-state index in [0.717, 1.165) is 30.2 Å². The lowest BCUT2D eigenvalue weighted by Crippen LogP contribution is -2.38. The minimum absolute atomic E-state index is 0.0779. The van der Waals surface area contributed by atoms with E-state index in [1.165, 1.54) is 51.9 Å². The van der Waals surface area contributed by atoms with Crippen LogP contribution in [0.15, 0.2) is 42.5 Å². The fourth-order valence-electron chi connectivity index (χ4n) is 5.74. The molecule has 2 aromatic rings. The number of hydrogen-bond donors (Lipinski definition) is 3. The van der Waals surface area contributed by atoms with E-state index < -0.39 is 5.97 Å². The molecule has 2 aliphatic rings. The first-order valence-electron chi connectivity index (χ1n) is 13.5. The molecule has 198 valence electrons. The van der Waals surface area contributed by atoms with Crippen molar-refractivity contribution in [2.45, 2.75) is 83.7 Å². The Hall–Kier alpha value is -3.19. The van der Waals surface area contributed by atoms with Crippen LogP contribution in [0.2, 0.25) is 0 Å². The normalized spacial score (nSPS) is 23.6. The van der Waals surface area contributed by atoms with Gasteiger partial charge in [0.2, 0.25) is 0 Å². The molecule has 0 heterocycles. The molecule has 0 radical (unpaired) electrons. The van der Waals surface area contributed by atoms with Crippen molar-refractivity contribution in [2.75, 3.05) is 5.32 Å². The van der Waals surface area contributed by atoms with Gasteiger partial charge in [0, 0.05) is 30.3 Å². The first-order chi connectivity index (χ1) is 17.8. The largest absolute Gasteiger partial charge is 0.426 e. The quantitative estimate of drug-likeness (QED) is 0.346. The lowest BCUT2D eigenvalue weighted by molar-refractivity contribution is -0.131. The first-order valence-corrected chi connectivity index (χ1v) is 13.5. The highest BCUT2D eigenvalue weighted by Gasteiger charge is 2.27. The molecule has 37 heavy (non-hydrogen) atoms. The Morgan fingerprint density at radius 1 is 0.892 bits per heavy atom. The third kappa shape index (κ3) is 7.41. The monoisotopic (exact) mass is 505 g/mol. The van der Waals surface area contributed by atoms with Gasteiger partial charge >= 0.3 is 5.97 Å². The number of para-hydroxylation sites is 1. The summed E-state index contributed by atoms with van der Waals surface area (Å²) in [5.74, 6) is 0.848. The van der Waals surface area contributed by atoms with E-state index in [2.05, 4.69) is 10.6 Å². The number of hydrogen-bond acceptors (Lipinski definition) is 5. The van der Waals surface area contributed by atoms with Gasteiger partial charge in [-0.1, -0.05) is 12.1 Å². The Bertz CT molecular complexity index is 1120. The van der Waals surface area contributed by atoms with E-state index in [1.807, 2.05) is 6.92 Å². The van der Waals surface area contributed by atoms with Crippen LogP contribution >= 0.6 is 0 Å². The van der Waals surface area contributed by atoms with Gasteiger partial charge in [0.05, 0.1) is 5.56 Å². The number of rotatable bonds is 7. The lowest BCUT2D eigenvalue weighted by Gasteiger charge is -2.33. The zero-order valence-corrected chi connectivity index (χ0v) is 21.9. The first kappa shape index (κ1) is 26.9. The van der Waals surface area contributed by atoms with Gasteiger partial charge in [-0.05, 0) is 112 Å². The minimum Gasteiger partial charge on any atom is -0.426 e. The fourth-order valence-corrected chi connectivity index (χ4v) is 5.74. The fraction of sp³-hybridized carbons (Fsp3) is 0.500. The number of aryl methyl sites for hydroxylation is 1. The van der Waals surface area contributed by atoms with Gasteiger partial charge < -0.3 is 21.1 Å². The minimum atomic E-state index is -0.491. The Kier molecular flexibility index (Phi) is 8.98. The topological polar surface area (TPSA) is 111 Å². The molecule has 0 saturated heterocycles. The average molecular weight is 506 g/mol. The van der Waals surface area contributed by atoms with Gasteiger partial charge in [0.25, 0.3) is 11.8 Å². The van der Waals surface area contributed by atoms with E-state index in [0.29, 0.717) is 17.3 Å². The van der Waals surface area contributed by atoms with Gasteiger partial charge in [-0.3, -0.25) is 14.4 Å². The smallest absolute Gasteiger partial charge is 0.308 e. The molecule has 4 N–H and O–H groups in total. The van der Waals surface area contributed by atoms with Crippen LogP contribution in [0.5, 0.6) is 5.75 Å². The van der Waals surface area contributed by atoms with Crippen LogP contribution in [0.1, 0.15) is 91.0 Å². The van der Waals surface area contributed by atoms with Crippen LogP contribution in [-0.2, 0) is 4.79 Å². The molecule has 2 aromatic carbocycles. The number of amides is 2. The molecular weight excluding hydrogens is 466 g/mol. The van der Waals surface area contributed by atoms with E-state index in [4.69, 9.17) is 10.5 Å². The maximum atomic E-state index is 12.9. The zero-order chi connectivity index (χ0) is 26.4. The molecule has 0 spiro atoms. The van der Waals surface area contributed by atoms with Crippen molar-refractivity contribution >= 4 is 23.5 Å². The van der Waals surface area contributed by atoms with Gasteiger partial charge in [-0.2, -0.15) is 0 Å². The number of carbonyl (C=O) groups excluding carboxylic acids is 3. The summed E-state index contributed by atoms with van der Waals surface area (Å²) in [7, 11) is 0. The zero-order valence-electron chi connectivity index (χ0n) is 21.9. The predicted molar refractivity (Wildman–Crippen MR) is 145 cm³/mol. The highest BCUT2D eigenvalue weighted by atomic mass is 16.5. The summed E-state index contributed by atoms with van der Waals surface area (Å²) in [6.45, 7) is 3.15. The average Bonchev–Trinajstić information content (AvgIpc) is 2.87. The molecule has 0 unspecified atom stereocenters. The molecule has 2 fully saturated rings. The van der Waals surface area contributed by atoms with Crippen LogP contribution in [0.4, 0.5) is 5.69 Å². The molecule has 7 heteroatoms. The second kappa shape index (κ2) is 12.4. The summed E-state index contributed by atoms with van der Waals surface area (Å²) in [6.07, 6.45) is 10.6. The van der Waals surface area contributed by atoms with Crippen LogP contribution < -0.4 is 21.1 Å². The Morgan fingerprint density at radius 3 is 2.19 bits per heavy atom. The number of nitrogens with one attached hydrogen (secondary N) is 2. The van der Waals surface area contributed by atoms with Crippen LogP contribution in [0.3, 0.4) is 0 Å². The number of carbonyl (C=O) groups is 3. The number of ether oxygens (including phenoxy) is 1. The molecule has 0 aromatic heterocycles. The number of anilines is 1. The van der Waals surface area contributed by atoms with Crippen LogP contribution in [0, 0.1) is 18.8 Å². The Labute approximate surface area is 219 Å². The lowest BCUT2D eigenvalue weighted by atomic mass is 9.76. The van der Waals surface area contributed by atoms with Crippen molar-refractivity contribution in [3.05, 3.63) is 59.2 Å². The molecule has 4 rings (SSSR count). The number of esters is 1. The number of nitrogens with two attached hydrogens (primary N) is 1. The summed E-state index contributed by atoms with van der Waals surface area (Å²) >= 11 is 0. The predicted octanol–water partition coefficient (Wildman–Crippen LogP) is 5.37. The molecule has 7 nitrogen and oxygen atoms in total. The van der Waals surface area contributed by atoms with Gasteiger partial charge in [0.15, 0.2) is 0 Å². The van der Waals surface area contributed by atoms with Crippen LogP contribution in [0.25, 0.3) is 0 Å². The molecule has 0 aliphatic heterocycles. The second-order valence-corrected chi connectivity index (χ2v) is 10.8. The van der Waals surface area contributed by atoms with Gasteiger partial charge in [-0.15, -0.1) is 0 Å². The van der Waals surface area contributed by atoms with Gasteiger partial charge in [-0.25, -0.2) is 0 Å². The van der Waals surface area contributed by atoms with Gasteiger partial charge in [0.1, 0.15) is 5.75 Å². The van der Waals surface area contributed by atoms with Crippen molar-refractivity contribution < 1.29 is 19.1 Å². The van der Waals surface area contributed by atoms with Crippen molar-refractivity contribution in [3.63, 3.8) is 0 Å². The van der Waals surface area contributed by atoms with Crippen molar-refractivity contribution in [3.8, 4) is 5.75 Å². The third-order valence-corrected chi connectivity index (χ3v) is 7.86. The molecule has 2 amide bonds. The third-order valence-electron chi connectivity index (χ3n) is 7.86. The number of benzene rings is 2. The molecule has 0 bridgehead atoms. The summed E-state index contributed by atoms with van der Waals surface area (Å²) in [5.41, 5.74) is 8.28. The summed E-state index contributed by atoms with van der Waals surface area (Å²) in [6, 6.07) is 12.5. The molecular formula is C30H39N3O4. The Balaban J connectivity index is 1.28. The maximum absolute atomic E-state index is 12.9. The highest BCUT2D eigenvalue weighted by molar-refractivity contribution is 6.07. The molecule has 2 aliphatic carbocycles. The van der Waals surface area contributed by atoms with E-state index in [-0.39, 0.29) is 29.2 Å². The van der Waals surface area contributed by atoms with Crippen molar-refractivity contribution in [1.82, 2.24) is 5.32 Å². The maximum Gasteiger partial charge on any atom is 0.308 e. The summed E-state index contributed by atoms with van der Waals surface area (Å²) in [4.78, 5) is 37.1. The molecule has 2 saturated carbocycles. The highest BCUT2D eigenvalue weighted by Crippen LogP contribution is 2.35. The van der Waals surface area contributed by atoms with Crippen molar-refractivity contribution in [2.24, 2.45) is 17.6 Å².